The second-order valence-corrected chi connectivity index (χ2v) is 25.5. The number of carbonyl (C=O) groups is 7. The van der Waals surface area contributed by atoms with Crippen LogP contribution in [0.3, 0.4) is 0 Å². The SMILES string of the molecule is CCP(=O)(O)O[C@H]1CC[C@H](C(=O)NCc2ccc(CC(C(=O)NCCOCCOC3OC(CO)C(O)C(O)C3NC(C)=O)N(CC(=O)NCCOCCOC3OC(CO)C(O)C(O)C3NC(C)=O)CC(=O)NCCOCCOC3OC(CO)C(O)C(O)C3NC(C)=O)cc2)CC1. The molecular weight excluding hydrogens is 1300 g/mol. The summed E-state index contributed by atoms with van der Waals surface area (Å²) < 4.78 is 68.3. The molecule has 4 aliphatic rings. The summed E-state index contributed by atoms with van der Waals surface area (Å²) in [7, 11) is -3.70. The Bertz CT molecular complexity index is 2520. The molecule has 3 heterocycles. The van der Waals surface area contributed by atoms with E-state index in [1.54, 1.807) is 31.2 Å². The highest BCUT2D eigenvalue weighted by Gasteiger charge is 2.48. The minimum atomic E-state index is -3.70. The Morgan fingerprint density at radius 2 is 0.906 bits per heavy atom. The first-order valence-corrected chi connectivity index (χ1v) is 33.7. The van der Waals surface area contributed by atoms with Crippen LogP contribution in [0.1, 0.15) is 64.5 Å². The minimum absolute atomic E-state index is 0.0194. The summed E-state index contributed by atoms with van der Waals surface area (Å²) >= 11 is 0. The number of nitrogens with one attached hydrogen (secondary N) is 7. The van der Waals surface area contributed by atoms with Gasteiger partial charge in [-0.25, -0.2) is 0 Å². The van der Waals surface area contributed by atoms with Gasteiger partial charge < -0.3 is 135 Å². The number of hydrogen-bond acceptors (Lipinski definition) is 28. The topological polar surface area (TPSA) is 519 Å². The molecule has 1 aliphatic carbocycles. The van der Waals surface area contributed by atoms with Gasteiger partial charge in [0.1, 0.15) is 73.1 Å². The van der Waals surface area contributed by atoms with Crippen LogP contribution in [0.2, 0.25) is 0 Å². The van der Waals surface area contributed by atoms with Crippen molar-refractivity contribution in [1.29, 1.82) is 0 Å². The number of hydrogen-bond donors (Lipinski definition) is 17. The molecule has 1 aromatic carbocycles. The lowest BCUT2D eigenvalue weighted by Gasteiger charge is -2.42. The van der Waals surface area contributed by atoms with Crippen molar-refractivity contribution < 1.29 is 136 Å². The maximum atomic E-state index is 14.5. The maximum Gasteiger partial charge on any atom is 0.328 e. The average molecular weight is 1400 g/mol. The van der Waals surface area contributed by atoms with E-state index in [1.165, 1.54) is 25.7 Å². The van der Waals surface area contributed by atoms with E-state index in [1.807, 2.05) is 0 Å². The van der Waals surface area contributed by atoms with Crippen molar-refractivity contribution in [3.05, 3.63) is 35.4 Å². The van der Waals surface area contributed by atoms with Gasteiger partial charge in [-0.2, -0.15) is 0 Å². The summed E-state index contributed by atoms with van der Waals surface area (Å²) in [4.78, 5) is 102. The molecule has 4 fully saturated rings. The Hall–Kier alpha value is -5.10. The molecule has 17 unspecified atom stereocenters. The summed E-state index contributed by atoms with van der Waals surface area (Å²) in [5.41, 5.74) is 1.28. The summed E-state index contributed by atoms with van der Waals surface area (Å²) in [6.45, 7) is 0.941. The lowest BCUT2D eigenvalue weighted by molar-refractivity contribution is -0.272. The van der Waals surface area contributed by atoms with Gasteiger partial charge in [0.25, 0.3) is 0 Å². The number of ether oxygens (including phenoxy) is 9. The highest BCUT2D eigenvalue weighted by molar-refractivity contribution is 7.52. The molecule has 548 valence electrons. The summed E-state index contributed by atoms with van der Waals surface area (Å²) in [6, 6.07) is 2.10. The predicted octanol–water partition coefficient (Wildman–Crippen LogP) is -7.42. The largest absolute Gasteiger partial charge is 0.394 e. The molecule has 3 saturated heterocycles. The minimum Gasteiger partial charge on any atom is -0.394 e. The van der Waals surface area contributed by atoms with Gasteiger partial charge in [0.2, 0.25) is 41.4 Å². The molecule has 17 N–H and O–H groups in total. The molecule has 96 heavy (non-hydrogen) atoms. The molecule has 7 amide bonds. The molecule has 17 atom stereocenters. The monoisotopic (exact) mass is 1400 g/mol. The molecule has 0 aromatic heterocycles. The van der Waals surface area contributed by atoms with Crippen LogP contribution in [0.25, 0.3) is 0 Å². The number of aliphatic hydroxyl groups excluding tert-OH is 9. The van der Waals surface area contributed by atoms with Crippen molar-refractivity contribution in [3.8, 4) is 0 Å². The number of amides is 7. The molecule has 5 rings (SSSR count). The summed E-state index contributed by atoms with van der Waals surface area (Å²) in [5.74, 6) is -4.10. The van der Waals surface area contributed by atoms with Crippen LogP contribution in [-0.2, 0) is 98.2 Å². The van der Waals surface area contributed by atoms with Crippen LogP contribution in [-0.4, -0.2) is 319 Å². The van der Waals surface area contributed by atoms with Crippen LogP contribution in [0.5, 0.6) is 0 Å². The third kappa shape index (κ3) is 26.9. The first kappa shape index (κ1) is 81.6. The molecule has 37 heteroatoms. The van der Waals surface area contributed by atoms with Gasteiger partial charge in [-0.05, 0) is 43.2 Å². The van der Waals surface area contributed by atoms with Crippen LogP contribution in [0, 0.1) is 5.92 Å². The Morgan fingerprint density at radius 3 is 1.27 bits per heavy atom. The molecule has 0 spiro atoms. The Morgan fingerprint density at radius 1 is 0.531 bits per heavy atom. The van der Waals surface area contributed by atoms with Crippen LogP contribution < -0.4 is 37.2 Å². The number of rotatable bonds is 41. The Balaban J connectivity index is 1.25. The first-order valence-electron chi connectivity index (χ1n) is 32.0. The van der Waals surface area contributed by atoms with E-state index in [0.717, 1.165) is 0 Å². The fourth-order valence-electron chi connectivity index (χ4n) is 10.9. The van der Waals surface area contributed by atoms with Crippen molar-refractivity contribution in [2.24, 2.45) is 5.92 Å². The van der Waals surface area contributed by atoms with Gasteiger partial charge in [-0.1, -0.05) is 31.2 Å². The fourth-order valence-corrected chi connectivity index (χ4v) is 11.8. The molecule has 1 saturated carbocycles. The lowest BCUT2D eigenvalue weighted by Crippen LogP contribution is -2.64. The number of benzene rings is 1. The number of nitrogens with zero attached hydrogens (tertiary/aromatic N) is 1. The lowest BCUT2D eigenvalue weighted by atomic mass is 9.87. The summed E-state index contributed by atoms with van der Waals surface area (Å²) in [6.07, 6.45) is -15.4. The highest BCUT2D eigenvalue weighted by Crippen LogP contribution is 2.45. The standard InChI is InChI=1S/C59H99N8O28P/c1-5-96(84,85)95-39-12-10-38(11-13-39)55(82)63-27-37-8-6-36(7-9-37)26-40(56(83)62-16-19-88-22-25-91-59-48(66-35(4)73)54(81)51(78)43(32-70)94-59)67(28-44(74)60-14-17-86-20-23-89-57-46(64-33(2)71)52(79)49(76)41(30-68)92-57)29-45(75)61-15-18-87-21-24-90-58-47(65-34(3)72)53(80)50(77)42(31-69)93-58/h6-9,38-43,46-54,57-59,68-70,76-81H,5,10-32H2,1-4H3,(H,60,74)(H,61,75)(H,62,83)(H,63,82)(H,64,71)(H,65,72)(H,66,73)(H,84,85)/t38-,39-,40?,41?,42?,43?,46?,47?,48?,49?,50?,51?,52?,53?,54?,57?,58?,59?. The average Bonchev–Trinajstić information content (AvgIpc) is 0.828. The third-order valence-corrected chi connectivity index (χ3v) is 17.5. The zero-order valence-corrected chi connectivity index (χ0v) is 55.3. The zero-order chi connectivity index (χ0) is 70.5. The Kier molecular flexibility index (Phi) is 35.8. The van der Waals surface area contributed by atoms with Crippen molar-refractivity contribution in [2.75, 3.05) is 118 Å². The molecule has 36 nitrogen and oxygen atoms in total. The smallest absolute Gasteiger partial charge is 0.328 e. The van der Waals surface area contributed by atoms with Gasteiger partial charge >= 0.3 is 7.60 Å². The van der Waals surface area contributed by atoms with Crippen molar-refractivity contribution in [3.63, 3.8) is 0 Å². The van der Waals surface area contributed by atoms with Gasteiger partial charge in [-0.15, -0.1) is 0 Å². The van der Waals surface area contributed by atoms with Crippen molar-refractivity contribution in [2.45, 2.75) is 170 Å². The number of carbonyl (C=O) groups excluding carboxylic acids is 7. The zero-order valence-electron chi connectivity index (χ0n) is 54.4. The highest BCUT2D eigenvalue weighted by atomic mass is 31.2. The van der Waals surface area contributed by atoms with E-state index < -0.39 is 180 Å². The van der Waals surface area contributed by atoms with Gasteiger partial charge in [0.15, 0.2) is 18.9 Å². The molecule has 0 radical (unpaired) electrons. The van der Waals surface area contributed by atoms with Crippen molar-refractivity contribution >= 4 is 48.9 Å². The predicted molar refractivity (Wildman–Crippen MR) is 330 cm³/mol. The van der Waals surface area contributed by atoms with Gasteiger partial charge in [0.05, 0.1) is 105 Å². The van der Waals surface area contributed by atoms with Crippen LogP contribution in [0.15, 0.2) is 24.3 Å². The summed E-state index contributed by atoms with van der Waals surface area (Å²) in [5, 5.41) is 110. The van der Waals surface area contributed by atoms with E-state index in [4.69, 9.17) is 47.2 Å². The van der Waals surface area contributed by atoms with Gasteiger partial charge in [-0.3, -0.25) is 43.0 Å². The van der Waals surface area contributed by atoms with Gasteiger partial charge in [0, 0.05) is 59.0 Å². The van der Waals surface area contributed by atoms with E-state index in [0.29, 0.717) is 36.8 Å². The first-order chi connectivity index (χ1) is 45.8. The van der Waals surface area contributed by atoms with E-state index in [2.05, 4.69) is 37.2 Å². The quantitative estimate of drug-likeness (QED) is 0.0214. The maximum absolute atomic E-state index is 14.5. The molecular formula is C59H99N8O28P. The fraction of sp³-hybridized carbons (Fsp3) is 0.780. The van der Waals surface area contributed by atoms with E-state index in [-0.39, 0.29) is 110 Å². The van der Waals surface area contributed by atoms with E-state index in [9.17, 15) is 89.0 Å². The molecule has 3 aliphatic heterocycles. The van der Waals surface area contributed by atoms with Crippen molar-refractivity contribution in [1.82, 2.24) is 42.1 Å². The second kappa shape index (κ2) is 42.1. The third-order valence-electron chi connectivity index (χ3n) is 16.1. The van der Waals surface area contributed by atoms with E-state index >= 15 is 0 Å². The van der Waals surface area contributed by atoms with Crippen LogP contribution in [0.4, 0.5) is 0 Å². The second-order valence-electron chi connectivity index (χ2n) is 23.4. The Labute approximate surface area is 555 Å². The number of aliphatic hydroxyl groups is 9. The molecule has 1 aromatic rings. The molecule has 0 bridgehead atoms. The normalized spacial score (nSPS) is 29.3. The van der Waals surface area contributed by atoms with Crippen LogP contribution >= 0.6 is 7.60 Å².